The van der Waals surface area contributed by atoms with E-state index in [1.807, 2.05) is 0 Å². The summed E-state index contributed by atoms with van der Waals surface area (Å²) in [6.07, 6.45) is -5.40. The van der Waals surface area contributed by atoms with E-state index in [0.717, 1.165) is 0 Å². The van der Waals surface area contributed by atoms with Crippen LogP contribution in [0.2, 0.25) is 0 Å². The van der Waals surface area contributed by atoms with E-state index in [-0.39, 0.29) is 11.6 Å². The van der Waals surface area contributed by atoms with E-state index in [9.17, 15) is 18.0 Å². The lowest BCUT2D eigenvalue weighted by Gasteiger charge is -2.16. The van der Waals surface area contributed by atoms with Crippen molar-refractivity contribution in [1.29, 1.82) is 0 Å². The fourth-order valence-electron chi connectivity index (χ4n) is 1.58. The number of thiocarbonyl (C=S) groups is 1. The Morgan fingerprint density at radius 3 is 2.43 bits per heavy atom. The number of nitrogens with two attached hydrogens (primary N) is 1. The Bertz CT molecular complexity index is 503. The number of nitrogens with one attached hydrogen (secondary N) is 1. The van der Waals surface area contributed by atoms with Crippen LogP contribution in [0.4, 0.5) is 13.2 Å². The molecule has 1 rings (SSSR count). The molecule has 8 heteroatoms. The minimum Gasteiger partial charge on any atom is -0.484 e. The summed E-state index contributed by atoms with van der Waals surface area (Å²) < 4.78 is 41.5. The van der Waals surface area contributed by atoms with Crippen molar-refractivity contribution in [3.63, 3.8) is 0 Å². The number of benzene rings is 1. The summed E-state index contributed by atoms with van der Waals surface area (Å²) in [6.45, 7) is 0.914. The first-order valence-corrected chi connectivity index (χ1v) is 6.47. The van der Waals surface area contributed by atoms with Gasteiger partial charge >= 0.3 is 6.18 Å². The average molecular weight is 320 g/mol. The van der Waals surface area contributed by atoms with Crippen LogP contribution < -0.4 is 15.8 Å². The number of rotatable bonds is 6. The molecule has 0 saturated heterocycles. The largest absolute Gasteiger partial charge is 0.484 e. The van der Waals surface area contributed by atoms with E-state index in [2.05, 4.69) is 5.32 Å². The molecule has 0 aliphatic carbocycles. The fraction of sp³-hybridized carbons (Fsp3) is 0.385. The van der Waals surface area contributed by atoms with Crippen molar-refractivity contribution >= 4 is 23.1 Å². The third kappa shape index (κ3) is 6.94. The summed E-state index contributed by atoms with van der Waals surface area (Å²) in [6, 6.07) is 5.39. The molecule has 4 nitrogen and oxygen atoms in total. The maximum absolute atomic E-state index is 12.1. The Morgan fingerprint density at radius 2 is 1.95 bits per heavy atom. The number of alkyl halides is 3. The van der Waals surface area contributed by atoms with Gasteiger partial charge < -0.3 is 15.8 Å². The molecule has 0 aromatic heterocycles. The van der Waals surface area contributed by atoms with Gasteiger partial charge in [0.1, 0.15) is 10.7 Å². The van der Waals surface area contributed by atoms with Gasteiger partial charge in [0.2, 0.25) is 0 Å². The van der Waals surface area contributed by atoms with Gasteiger partial charge in [0.25, 0.3) is 5.91 Å². The molecule has 0 fully saturated rings. The van der Waals surface area contributed by atoms with Gasteiger partial charge in [-0.05, 0) is 31.2 Å². The van der Waals surface area contributed by atoms with Crippen LogP contribution in [0.3, 0.4) is 0 Å². The summed E-state index contributed by atoms with van der Waals surface area (Å²) in [5.74, 6) is -0.223. The van der Waals surface area contributed by atoms with Crippen LogP contribution in [0.1, 0.15) is 18.9 Å². The minimum absolute atomic E-state index is 0.236. The van der Waals surface area contributed by atoms with Gasteiger partial charge in [0.05, 0.1) is 6.42 Å². The monoisotopic (exact) mass is 320 g/mol. The van der Waals surface area contributed by atoms with Gasteiger partial charge in [-0.15, -0.1) is 0 Å². The van der Waals surface area contributed by atoms with Crippen molar-refractivity contribution < 1.29 is 22.7 Å². The number of hydrogen-bond acceptors (Lipinski definition) is 3. The van der Waals surface area contributed by atoms with Crippen molar-refractivity contribution in [2.24, 2.45) is 5.73 Å². The van der Waals surface area contributed by atoms with Gasteiger partial charge in [-0.3, -0.25) is 4.79 Å². The lowest BCUT2D eigenvalue weighted by atomic mass is 10.2. The first kappa shape index (κ1) is 17.2. The molecule has 116 valence electrons. The average Bonchev–Trinajstić information content (AvgIpc) is 2.34. The summed E-state index contributed by atoms with van der Waals surface area (Å²) in [5.41, 5.74) is 6.08. The molecule has 0 heterocycles. The van der Waals surface area contributed by atoms with Crippen molar-refractivity contribution in [2.75, 3.05) is 6.61 Å². The zero-order valence-corrected chi connectivity index (χ0v) is 12.1. The summed E-state index contributed by atoms with van der Waals surface area (Å²) in [5, 5.41) is 2.21. The van der Waals surface area contributed by atoms with Crippen molar-refractivity contribution in [3.8, 4) is 5.75 Å². The van der Waals surface area contributed by atoms with Crippen LogP contribution >= 0.6 is 12.2 Å². The zero-order chi connectivity index (χ0) is 16.0. The highest BCUT2D eigenvalue weighted by Crippen LogP contribution is 2.21. The van der Waals surface area contributed by atoms with Crippen LogP contribution in [0, 0.1) is 0 Å². The lowest BCUT2D eigenvalue weighted by molar-refractivity contribution is -0.141. The number of carbonyl (C=O) groups excluding carboxylic acids is 1. The van der Waals surface area contributed by atoms with Gasteiger partial charge in [0.15, 0.2) is 6.61 Å². The zero-order valence-electron chi connectivity index (χ0n) is 11.2. The highest BCUT2D eigenvalue weighted by Gasteiger charge is 2.30. The molecule has 0 radical (unpaired) electrons. The Labute approximate surface area is 125 Å². The standard InChI is InChI=1S/C13H15F3N2O2S/c1-8(6-13(14,15)16)18-11(19)7-20-10-4-2-9(3-5-10)12(17)21/h2-5,8H,6-7H2,1H3,(H2,17,21)(H,18,19). The maximum atomic E-state index is 12.1. The van der Waals surface area contributed by atoms with E-state index in [1.165, 1.54) is 6.92 Å². The summed E-state index contributed by atoms with van der Waals surface area (Å²) in [4.78, 5) is 11.7. The van der Waals surface area contributed by atoms with E-state index in [0.29, 0.717) is 11.3 Å². The maximum Gasteiger partial charge on any atom is 0.391 e. The summed E-state index contributed by atoms with van der Waals surface area (Å²) in [7, 11) is 0. The molecular weight excluding hydrogens is 305 g/mol. The van der Waals surface area contributed by atoms with E-state index < -0.39 is 24.5 Å². The van der Waals surface area contributed by atoms with Crippen LogP contribution in [-0.4, -0.2) is 29.7 Å². The van der Waals surface area contributed by atoms with Crippen LogP contribution in [0.25, 0.3) is 0 Å². The number of hydrogen-bond donors (Lipinski definition) is 2. The van der Waals surface area contributed by atoms with Gasteiger partial charge in [-0.25, -0.2) is 0 Å². The number of amides is 1. The van der Waals surface area contributed by atoms with Gasteiger partial charge in [-0.2, -0.15) is 13.2 Å². The van der Waals surface area contributed by atoms with E-state index in [4.69, 9.17) is 22.7 Å². The molecule has 1 unspecified atom stereocenters. The SMILES string of the molecule is CC(CC(F)(F)F)NC(=O)COc1ccc(C(N)=S)cc1. The van der Waals surface area contributed by atoms with Crippen molar-refractivity contribution in [2.45, 2.75) is 25.6 Å². The second-order valence-electron chi connectivity index (χ2n) is 4.47. The fourth-order valence-corrected chi connectivity index (χ4v) is 1.72. The summed E-state index contributed by atoms with van der Waals surface area (Å²) >= 11 is 4.78. The number of carbonyl (C=O) groups is 1. The highest BCUT2D eigenvalue weighted by molar-refractivity contribution is 7.80. The molecule has 1 amide bonds. The van der Waals surface area contributed by atoms with E-state index >= 15 is 0 Å². The van der Waals surface area contributed by atoms with Gasteiger partial charge in [0, 0.05) is 11.6 Å². The van der Waals surface area contributed by atoms with E-state index in [1.54, 1.807) is 24.3 Å². The molecule has 1 atom stereocenters. The normalized spacial score (nSPS) is 12.6. The number of halogens is 3. The first-order chi connectivity index (χ1) is 9.67. The highest BCUT2D eigenvalue weighted by atomic mass is 32.1. The molecule has 0 bridgehead atoms. The Kier molecular flexibility index (Phi) is 5.95. The second kappa shape index (κ2) is 7.26. The van der Waals surface area contributed by atoms with Crippen molar-refractivity contribution in [3.05, 3.63) is 29.8 Å². The third-order valence-electron chi connectivity index (χ3n) is 2.45. The molecule has 3 N–H and O–H groups in total. The smallest absolute Gasteiger partial charge is 0.391 e. The van der Waals surface area contributed by atoms with Gasteiger partial charge in [-0.1, -0.05) is 12.2 Å². The third-order valence-corrected chi connectivity index (χ3v) is 2.69. The predicted molar refractivity (Wildman–Crippen MR) is 76.1 cm³/mol. The predicted octanol–water partition coefficient (Wildman–Crippen LogP) is 2.16. The molecule has 1 aromatic carbocycles. The quantitative estimate of drug-likeness (QED) is 0.789. The molecular formula is C13H15F3N2O2S. The minimum atomic E-state index is -4.32. The Morgan fingerprint density at radius 1 is 1.38 bits per heavy atom. The molecule has 0 saturated carbocycles. The molecule has 1 aromatic rings. The Hall–Kier alpha value is -1.83. The molecule has 0 aliphatic rings. The molecule has 21 heavy (non-hydrogen) atoms. The molecule has 0 aliphatic heterocycles. The van der Waals surface area contributed by atoms with Crippen LogP contribution in [-0.2, 0) is 4.79 Å². The topological polar surface area (TPSA) is 64.3 Å². The van der Waals surface area contributed by atoms with Crippen LogP contribution in [0.5, 0.6) is 5.75 Å². The van der Waals surface area contributed by atoms with Crippen molar-refractivity contribution in [1.82, 2.24) is 5.32 Å². The molecule has 0 spiro atoms. The lowest BCUT2D eigenvalue weighted by Crippen LogP contribution is -2.38. The number of ether oxygens (including phenoxy) is 1. The first-order valence-electron chi connectivity index (χ1n) is 6.06. The second-order valence-corrected chi connectivity index (χ2v) is 4.90. The van der Waals surface area contributed by atoms with Crippen LogP contribution in [0.15, 0.2) is 24.3 Å². The Balaban J connectivity index is 2.41.